The van der Waals surface area contributed by atoms with Gasteiger partial charge in [0, 0.05) is 34.6 Å². The molecule has 6 aromatic rings. The highest BCUT2D eigenvalue weighted by Gasteiger charge is 2.20. The molecule has 34 heavy (non-hydrogen) atoms. The van der Waals surface area contributed by atoms with Crippen molar-refractivity contribution in [3.63, 3.8) is 0 Å². The summed E-state index contributed by atoms with van der Waals surface area (Å²) < 4.78 is 8.75. The van der Waals surface area contributed by atoms with Crippen molar-refractivity contribution in [3.05, 3.63) is 109 Å². The Labute approximate surface area is 196 Å². The molecule has 1 unspecified atom stereocenters. The van der Waals surface area contributed by atoms with Crippen LogP contribution in [0.25, 0.3) is 55.1 Å². The van der Waals surface area contributed by atoms with Crippen LogP contribution in [-0.2, 0) is 0 Å². The van der Waals surface area contributed by atoms with Gasteiger partial charge >= 0.3 is 0 Å². The van der Waals surface area contributed by atoms with Gasteiger partial charge in [-0.05, 0) is 54.1 Å². The van der Waals surface area contributed by atoms with Crippen molar-refractivity contribution in [2.45, 2.75) is 6.17 Å². The molecule has 1 atom stereocenters. The molecule has 164 valence electrons. The first-order chi connectivity index (χ1) is 16.7. The summed E-state index contributed by atoms with van der Waals surface area (Å²) in [6.45, 7) is 0. The Kier molecular flexibility index (Phi) is 4.02. The van der Waals surface area contributed by atoms with Crippen molar-refractivity contribution in [2.24, 2.45) is 5.73 Å². The average Bonchev–Trinajstić information content (AvgIpc) is 3.41. The maximum absolute atomic E-state index is 6.42. The molecule has 0 fully saturated rings. The Morgan fingerprint density at radius 1 is 0.794 bits per heavy atom. The van der Waals surface area contributed by atoms with Gasteiger partial charge in [0.1, 0.15) is 11.2 Å². The Bertz CT molecular complexity index is 1800. The Morgan fingerprint density at radius 3 is 2.53 bits per heavy atom. The summed E-state index contributed by atoms with van der Waals surface area (Å²) in [6.07, 6.45) is 6.02. The second-order valence-corrected chi connectivity index (χ2v) is 8.88. The van der Waals surface area contributed by atoms with Gasteiger partial charge in [-0.25, -0.2) is 0 Å². The quantitative estimate of drug-likeness (QED) is 0.321. The van der Waals surface area contributed by atoms with Crippen molar-refractivity contribution in [1.82, 2.24) is 9.47 Å². The Balaban J connectivity index is 1.53. The highest BCUT2D eigenvalue weighted by Crippen LogP contribution is 2.40. The van der Waals surface area contributed by atoms with Crippen LogP contribution in [0.15, 0.2) is 108 Å². The van der Waals surface area contributed by atoms with Gasteiger partial charge in [0.15, 0.2) is 0 Å². The molecule has 4 aromatic carbocycles. The van der Waals surface area contributed by atoms with Crippen molar-refractivity contribution in [1.29, 1.82) is 0 Å². The molecule has 0 saturated heterocycles. The molecule has 1 aliphatic heterocycles. The number of aromatic nitrogens is 1. The first-order valence-electron chi connectivity index (χ1n) is 11.5. The predicted octanol–water partition coefficient (Wildman–Crippen LogP) is 6.81. The number of para-hydroxylation sites is 2. The van der Waals surface area contributed by atoms with Crippen LogP contribution in [-0.4, -0.2) is 22.7 Å². The normalized spacial score (nSPS) is 16.2. The third-order valence-corrected chi connectivity index (χ3v) is 6.97. The van der Waals surface area contributed by atoms with Crippen molar-refractivity contribution < 1.29 is 4.42 Å². The molecular formula is C30H23N3O. The summed E-state index contributed by atoms with van der Waals surface area (Å²) >= 11 is 0. The first-order valence-corrected chi connectivity index (χ1v) is 11.5. The van der Waals surface area contributed by atoms with E-state index in [2.05, 4.69) is 88.3 Å². The van der Waals surface area contributed by atoms with Crippen LogP contribution in [0.1, 0.15) is 5.56 Å². The van der Waals surface area contributed by atoms with Gasteiger partial charge in [-0.2, -0.15) is 0 Å². The highest BCUT2D eigenvalue weighted by atomic mass is 16.3. The number of fused-ring (bicyclic) bond motifs is 7. The molecule has 0 bridgehead atoms. The van der Waals surface area contributed by atoms with Crippen LogP contribution >= 0.6 is 0 Å². The fourth-order valence-electron chi connectivity index (χ4n) is 5.29. The van der Waals surface area contributed by atoms with Gasteiger partial charge in [0.2, 0.25) is 0 Å². The molecule has 2 aromatic heterocycles. The maximum Gasteiger partial charge on any atom is 0.145 e. The number of nitrogens with two attached hydrogens (primary N) is 1. The summed E-state index contributed by atoms with van der Waals surface area (Å²) in [5.74, 6) is 0. The lowest BCUT2D eigenvalue weighted by Crippen LogP contribution is -2.37. The largest absolute Gasteiger partial charge is 0.455 e. The van der Waals surface area contributed by atoms with Crippen LogP contribution in [0.3, 0.4) is 0 Å². The van der Waals surface area contributed by atoms with Gasteiger partial charge in [0.25, 0.3) is 0 Å². The summed E-state index contributed by atoms with van der Waals surface area (Å²) in [5, 5.41) is 4.63. The van der Waals surface area contributed by atoms with E-state index in [1.807, 2.05) is 31.3 Å². The fraction of sp³-hybridized carbons (Fsp3) is 0.0667. The molecule has 0 radical (unpaired) electrons. The number of rotatable bonds is 2. The van der Waals surface area contributed by atoms with E-state index in [4.69, 9.17) is 10.2 Å². The second-order valence-electron chi connectivity index (χ2n) is 8.88. The lowest BCUT2D eigenvalue weighted by molar-refractivity contribution is 0.410. The number of hydrogen-bond donors (Lipinski definition) is 1. The molecule has 0 amide bonds. The fourth-order valence-corrected chi connectivity index (χ4v) is 5.29. The number of allylic oxidation sites excluding steroid dienone is 2. The topological polar surface area (TPSA) is 47.3 Å². The number of benzene rings is 4. The molecule has 0 spiro atoms. The zero-order valence-corrected chi connectivity index (χ0v) is 18.8. The summed E-state index contributed by atoms with van der Waals surface area (Å²) in [6, 6.07) is 29.9. The minimum absolute atomic E-state index is 0.127. The second kappa shape index (κ2) is 7.11. The molecule has 1 aliphatic rings. The lowest BCUT2D eigenvalue weighted by atomic mass is 10.1. The van der Waals surface area contributed by atoms with Crippen LogP contribution < -0.4 is 5.73 Å². The first kappa shape index (κ1) is 19.2. The number of likely N-dealkylation sites (N-methyl/N-ethyl adjacent to an activating group) is 1. The Morgan fingerprint density at radius 2 is 1.62 bits per heavy atom. The van der Waals surface area contributed by atoms with Crippen molar-refractivity contribution in [3.8, 4) is 5.69 Å². The SMILES string of the molecule is CN1C(c2cccc(-n3c4ccccc4c4c5oc6ccccc6c5ccc43)c2)=CC=CC1N. The van der Waals surface area contributed by atoms with Crippen LogP contribution in [0, 0.1) is 0 Å². The smallest absolute Gasteiger partial charge is 0.145 e. The molecule has 4 heteroatoms. The third-order valence-electron chi connectivity index (χ3n) is 6.97. The van der Waals surface area contributed by atoms with E-state index in [9.17, 15) is 0 Å². The van der Waals surface area contributed by atoms with Crippen LogP contribution in [0.4, 0.5) is 0 Å². The van der Waals surface area contributed by atoms with E-state index in [0.717, 1.165) is 55.3 Å². The minimum Gasteiger partial charge on any atom is -0.455 e. The van der Waals surface area contributed by atoms with E-state index in [1.165, 1.54) is 5.39 Å². The monoisotopic (exact) mass is 441 g/mol. The zero-order chi connectivity index (χ0) is 22.8. The molecule has 2 N–H and O–H groups in total. The van der Waals surface area contributed by atoms with Crippen molar-refractivity contribution >= 4 is 49.4 Å². The minimum atomic E-state index is -0.127. The van der Waals surface area contributed by atoms with E-state index < -0.39 is 0 Å². The molecule has 4 nitrogen and oxygen atoms in total. The average molecular weight is 442 g/mol. The van der Waals surface area contributed by atoms with Gasteiger partial charge in [-0.1, -0.05) is 54.6 Å². The molecule has 0 saturated carbocycles. The standard InChI is InChI=1S/C30H23N3O/c1-32-24(13-7-15-28(32)31)19-8-6-9-20(18-19)33-25-12-4-2-11-23(25)29-26(33)17-16-22-21-10-3-5-14-27(21)34-30(22)29/h2-18,28H,31H2,1H3. The molecule has 7 rings (SSSR count). The van der Waals surface area contributed by atoms with E-state index in [-0.39, 0.29) is 6.17 Å². The number of nitrogens with zero attached hydrogens (tertiary/aromatic N) is 2. The van der Waals surface area contributed by atoms with Gasteiger partial charge in [-0.3, -0.25) is 0 Å². The summed E-state index contributed by atoms with van der Waals surface area (Å²) in [5.41, 5.74) is 13.8. The lowest BCUT2D eigenvalue weighted by Gasteiger charge is -2.30. The van der Waals surface area contributed by atoms with Gasteiger partial charge in [0.05, 0.1) is 22.6 Å². The zero-order valence-electron chi connectivity index (χ0n) is 18.8. The third kappa shape index (κ3) is 2.63. The van der Waals surface area contributed by atoms with Crippen LogP contribution in [0.5, 0.6) is 0 Å². The predicted molar refractivity (Wildman–Crippen MR) is 141 cm³/mol. The molecule has 0 aliphatic carbocycles. The number of furan rings is 1. The molecule has 3 heterocycles. The maximum atomic E-state index is 6.42. The van der Waals surface area contributed by atoms with E-state index in [1.54, 1.807) is 0 Å². The van der Waals surface area contributed by atoms with Gasteiger partial charge in [-0.15, -0.1) is 0 Å². The van der Waals surface area contributed by atoms with E-state index in [0.29, 0.717) is 0 Å². The Hall–Kier alpha value is -4.28. The van der Waals surface area contributed by atoms with Gasteiger partial charge < -0.3 is 19.6 Å². The summed E-state index contributed by atoms with van der Waals surface area (Å²) in [7, 11) is 2.03. The highest BCUT2D eigenvalue weighted by molar-refractivity contribution is 6.23. The van der Waals surface area contributed by atoms with E-state index >= 15 is 0 Å². The van der Waals surface area contributed by atoms with Crippen molar-refractivity contribution in [2.75, 3.05) is 7.05 Å². The van der Waals surface area contributed by atoms with Crippen LogP contribution in [0.2, 0.25) is 0 Å². The summed E-state index contributed by atoms with van der Waals surface area (Å²) in [4.78, 5) is 2.10. The number of hydrogen-bond acceptors (Lipinski definition) is 3. The molecular weight excluding hydrogens is 418 g/mol.